The highest BCUT2D eigenvalue weighted by Crippen LogP contribution is 2.23. The van der Waals surface area contributed by atoms with E-state index in [4.69, 9.17) is 0 Å². The largest absolute Gasteiger partial charge is 0.338 e. The Morgan fingerprint density at radius 2 is 1.68 bits per heavy atom. The molecule has 2 rings (SSSR count). The van der Waals surface area contributed by atoms with Gasteiger partial charge < -0.3 is 4.90 Å². The van der Waals surface area contributed by atoms with E-state index in [9.17, 15) is 13.2 Å². The van der Waals surface area contributed by atoms with Crippen molar-refractivity contribution in [3.8, 4) is 0 Å². The molecule has 0 saturated carbocycles. The quantitative estimate of drug-likeness (QED) is 0.761. The SMILES string of the molecule is Cc1cccc(C(C(=O)N2CCN(S(=O)(=O)N(C)C)CC2)N(C)C)c1. The minimum atomic E-state index is -3.43. The number of likely N-dealkylation sites (N-methyl/N-ethyl adjacent to an activating group) is 1. The van der Waals surface area contributed by atoms with Gasteiger partial charge in [0.15, 0.2) is 0 Å². The molecule has 0 radical (unpaired) electrons. The number of hydrogen-bond acceptors (Lipinski definition) is 4. The average Bonchev–Trinajstić information content (AvgIpc) is 2.54. The molecule has 1 unspecified atom stereocenters. The minimum absolute atomic E-state index is 0.0116. The summed E-state index contributed by atoms with van der Waals surface area (Å²) in [4.78, 5) is 16.7. The summed E-state index contributed by atoms with van der Waals surface area (Å²) in [5.74, 6) is 0.0116. The highest BCUT2D eigenvalue weighted by Gasteiger charge is 2.33. The average molecular weight is 369 g/mol. The molecule has 140 valence electrons. The van der Waals surface area contributed by atoms with E-state index in [1.165, 1.54) is 22.7 Å². The molecule has 25 heavy (non-hydrogen) atoms. The standard InChI is InChI=1S/C17H28N4O3S/c1-14-7-6-8-15(13-14)16(18(2)3)17(22)20-9-11-21(12-10-20)25(23,24)19(4)5/h6-8,13,16H,9-12H2,1-5H3. The van der Waals surface area contributed by atoms with Crippen LogP contribution in [0.3, 0.4) is 0 Å². The monoisotopic (exact) mass is 368 g/mol. The van der Waals surface area contributed by atoms with Gasteiger partial charge in [0, 0.05) is 40.3 Å². The third-order valence-corrected chi connectivity index (χ3v) is 6.39. The molecule has 1 heterocycles. The van der Waals surface area contributed by atoms with Crippen LogP contribution in [0.2, 0.25) is 0 Å². The van der Waals surface area contributed by atoms with E-state index < -0.39 is 10.2 Å². The minimum Gasteiger partial charge on any atom is -0.338 e. The summed E-state index contributed by atoms with van der Waals surface area (Å²) in [6.07, 6.45) is 0. The number of carbonyl (C=O) groups excluding carboxylic acids is 1. The van der Waals surface area contributed by atoms with Crippen LogP contribution in [-0.4, -0.2) is 87.1 Å². The second kappa shape index (κ2) is 7.82. The maximum absolute atomic E-state index is 13.0. The lowest BCUT2D eigenvalue weighted by Gasteiger charge is -2.37. The molecule has 0 bridgehead atoms. The Balaban J connectivity index is 2.12. The molecule has 7 nitrogen and oxygen atoms in total. The molecule has 1 amide bonds. The summed E-state index contributed by atoms with van der Waals surface area (Å²) in [6.45, 7) is 3.45. The zero-order chi connectivity index (χ0) is 18.8. The topological polar surface area (TPSA) is 64.2 Å². The first-order valence-corrected chi connectivity index (χ1v) is 9.73. The number of carbonyl (C=O) groups is 1. The van der Waals surface area contributed by atoms with Gasteiger partial charge in [-0.2, -0.15) is 17.0 Å². The van der Waals surface area contributed by atoms with Crippen molar-refractivity contribution in [3.05, 3.63) is 35.4 Å². The number of piperazine rings is 1. The van der Waals surface area contributed by atoms with Crippen LogP contribution in [0.5, 0.6) is 0 Å². The normalized spacial score (nSPS) is 18.0. The number of benzene rings is 1. The van der Waals surface area contributed by atoms with Crippen molar-refractivity contribution in [3.63, 3.8) is 0 Å². The first kappa shape index (κ1) is 19.8. The Bertz CT molecular complexity index is 710. The number of nitrogens with zero attached hydrogens (tertiary/aromatic N) is 4. The van der Waals surface area contributed by atoms with Crippen molar-refractivity contribution in [1.29, 1.82) is 0 Å². The van der Waals surface area contributed by atoms with Crippen molar-refractivity contribution in [2.75, 3.05) is 54.4 Å². The highest BCUT2D eigenvalue weighted by molar-refractivity contribution is 7.86. The van der Waals surface area contributed by atoms with Crippen LogP contribution in [0.15, 0.2) is 24.3 Å². The fourth-order valence-corrected chi connectivity index (χ4v) is 4.13. The molecule has 1 aliphatic heterocycles. The van der Waals surface area contributed by atoms with Crippen molar-refractivity contribution in [1.82, 2.24) is 18.4 Å². The molecule has 1 saturated heterocycles. The van der Waals surface area contributed by atoms with Gasteiger partial charge in [-0.15, -0.1) is 0 Å². The molecule has 8 heteroatoms. The fourth-order valence-electron chi connectivity index (χ4n) is 3.04. The molecule has 1 fully saturated rings. The van der Waals surface area contributed by atoms with E-state index in [-0.39, 0.29) is 11.9 Å². The Hall–Kier alpha value is -1.48. The van der Waals surface area contributed by atoms with E-state index in [0.717, 1.165) is 11.1 Å². The van der Waals surface area contributed by atoms with Crippen molar-refractivity contribution in [2.45, 2.75) is 13.0 Å². The molecular weight excluding hydrogens is 340 g/mol. The lowest BCUT2D eigenvalue weighted by Crippen LogP contribution is -2.54. The number of amides is 1. The van der Waals surface area contributed by atoms with Crippen molar-refractivity contribution in [2.24, 2.45) is 0 Å². The van der Waals surface area contributed by atoms with E-state index in [0.29, 0.717) is 26.2 Å². The third kappa shape index (κ3) is 4.38. The fraction of sp³-hybridized carbons (Fsp3) is 0.588. The van der Waals surface area contributed by atoms with Gasteiger partial charge in [0.25, 0.3) is 10.2 Å². The van der Waals surface area contributed by atoms with E-state index in [2.05, 4.69) is 0 Å². The second-order valence-corrected chi connectivity index (χ2v) is 8.94. The Labute approximate surface area is 151 Å². The summed E-state index contributed by atoms with van der Waals surface area (Å²) in [5.41, 5.74) is 2.07. The van der Waals surface area contributed by atoms with Crippen LogP contribution in [0.1, 0.15) is 17.2 Å². The van der Waals surface area contributed by atoms with Crippen LogP contribution >= 0.6 is 0 Å². The highest BCUT2D eigenvalue weighted by atomic mass is 32.2. The summed E-state index contributed by atoms with van der Waals surface area (Å²) in [6, 6.07) is 7.58. The van der Waals surface area contributed by atoms with E-state index >= 15 is 0 Å². The molecule has 1 aliphatic rings. The van der Waals surface area contributed by atoms with E-state index in [1.54, 1.807) is 4.90 Å². The van der Waals surface area contributed by atoms with Gasteiger partial charge in [0.2, 0.25) is 5.91 Å². The zero-order valence-electron chi connectivity index (χ0n) is 15.6. The van der Waals surface area contributed by atoms with Crippen LogP contribution < -0.4 is 0 Å². The Morgan fingerprint density at radius 1 is 1.08 bits per heavy atom. The second-order valence-electron chi connectivity index (χ2n) is 6.79. The first-order valence-electron chi connectivity index (χ1n) is 8.34. The summed E-state index contributed by atoms with van der Waals surface area (Å²) >= 11 is 0. The number of aryl methyl sites for hydroxylation is 1. The van der Waals surface area contributed by atoms with Gasteiger partial charge in [-0.25, -0.2) is 0 Å². The van der Waals surface area contributed by atoms with Gasteiger partial charge in [0.05, 0.1) is 0 Å². The Morgan fingerprint density at radius 3 is 2.16 bits per heavy atom. The van der Waals surface area contributed by atoms with E-state index in [1.807, 2.05) is 50.2 Å². The molecule has 0 N–H and O–H groups in total. The predicted molar refractivity (Wildman–Crippen MR) is 98.4 cm³/mol. The lowest BCUT2D eigenvalue weighted by atomic mass is 10.0. The molecule has 1 aromatic rings. The van der Waals surface area contributed by atoms with Crippen LogP contribution in [-0.2, 0) is 15.0 Å². The number of rotatable bonds is 5. The molecule has 1 atom stereocenters. The Kier molecular flexibility index (Phi) is 6.21. The molecule has 0 spiro atoms. The zero-order valence-corrected chi connectivity index (χ0v) is 16.5. The maximum atomic E-state index is 13.0. The molecule has 0 aliphatic carbocycles. The first-order chi connectivity index (χ1) is 11.6. The van der Waals surface area contributed by atoms with Crippen molar-refractivity contribution < 1.29 is 13.2 Å². The summed E-state index contributed by atoms with van der Waals surface area (Å²) in [5, 5.41) is 0. The van der Waals surface area contributed by atoms with Crippen LogP contribution in [0.4, 0.5) is 0 Å². The van der Waals surface area contributed by atoms with Gasteiger partial charge >= 0.3 is 0 Å². The van der Waals surface area contributed by atoms with Gasteiger partial charge in [-0.05, 0) is 26.6 Å². The molecular formula is C17H28N4O3S. The lowest BCUT2D eigenvalue weighted by molar-refractivity contribution is -0.137. The maximum Gasteiger partial charge on any atom is 0.281 e. The smallest absolute Gasteiger partial charge is 0.281 e. The van der Waals surface area contributed by atoms with Gasteiger partial charge in [0.1, 0.15) is 6.04 Å². The predicted octanol–water partition coefficient (Wildman–Crippen LogP) is 0.548. The van der Waals surface area contributed by atoms with Crippen LogP contribution in [0.25, 0.3) is 0 Å². The molecule has 0 aromatic heterocycles. The van der Waals surface area contributed by atoms with Gasteiger partial charge in [-0.1, -0.05) is 29.8 Å². The summed E-state index contributed by atoms with van der Waals surface area (Å²) < 4.78 is 27.0. The molecule has 1 aromatic carbocycles. The third-order valence-electron chi connectivity index (χ3n) is 4.45. The van der Waals surface area contributed by atoms with Crippen molar-refractivity contribution >= 4 is 16.1 Å². The summed E-state index contributed by atoms with van der Waals surface area (Å²) in [7, 11) is 3.39. The van der Waals surface area contributed by atoms with Gasteiger partial charge in [-0.3, -0.25) is 9.69 Å². The van der Waals surface area contributed by atoms with Crippen LogP contribution in [0, 0.1) is 6.92 Å². The number of hydrogen-bond donors (Lipinski definition) is 0.